The lowest BCUT2D eigenvalue weighted by Crippen LogP contribution is -2.17. The normalized spacial score (nSPS) is 11.2. The van der Waals surface area contributed by atoms with Gasteiger partial charge in [-0.05, 0) is 36.2 Å². The maximum Gasteiger partial charge on any atom is 0.255 e. The van der Waals surface area contributed by atoms with Crippen molar-refractivity contribution in [1.29, 1.82) is 0 Å². The summed E-state index contributed by atoms with van der Waals surface area (Å²) in [6.07, 6.45) is 0. The van der Waals surface area contributed by atoms with E-state index in [0.717, 1.165) is 11.1 Å². The third-order valence-electron chi connectivity index (χ3n) is 4.02. The Morgan fingerprint density at radius 2 is 1.58 bits per heavy atom. The third-order valence-corrected chi connectivity index (χ3v) is 5.07. The second-order valence-corrected chi connectivity index (χ2v) is 7.42. The quantitative estimate of drug-likeness (QED) is 0.740. The molecular weight excluding hydrogens is 348 g/mol. The first kappa shape index (κ1) is 17.8. The summed E-state index contributed by atoms with van der Waals surface area (Å²) in [5, 5.41) is 8.07. The van der Waals surface area contributed by atoms with Crippen molar-refractivity contribution in [3.05, 3.63) is 83.9 Å². The van der Waals surface area contributed by atoms with Crippen molar-refractivity contribution in [2.24, 2.45) is 5.14 Å². The summed E-state index contributed by atoms with van der Waals surface area (Å²) < 4.78 is 23.3. The van der Waals surface area contributed by atoms with Gasteiger partial charge in [0, 0.05) is 16.8 Å². The van der Waals surface area contributed by atoms with Crippen LogP contribution in [0.15, 0.2) is 77.7 Å². The number of benzene rings is 3. The highest BCUT2D eigenvalue weighted by Gasteiger charge is 2.16. The van der Waals surface area contributed by atoms with E-state index in [4.69, 9.17) is 5.14 Å². The number of nitrogens with two attached hydrogens (primary N) is 1. The largest absolute Gasteiger partial charge is 0.321 e. The molecule has 132 valence electrons. The van der Waals surface area contributed by atoms with Crippen molar-refractivity contribution in [3.63, 3.8) is 0 Å². The number of hydrogen-bond donors (Lipinski definition) is 2. The number of rotatable bonds is 4. The number of amides is 1. The van der Waals surface area contributed by atoms with Crippen LogP contribution in [0.3, 0.4) is 0 Å². The molecule has 3 aromatic rings. The molecule has 0 aliphatic heterocycles. The van der Waals surface area contributed by atoms with Crippen LogP contribution < -0.4 is 10.5 Å². The van der Waals surface area contributed by atoms with Gasteiger partial charge in [-0.15, -0.1) is 0 Å². The molecule has 0 unspecified atom stereocenters. The summed E-state index contributed by atoms with van der Waals surface area (Å²) in [6.45, 7) is 1.63. The molecule has 5 nitrogen and oxygen atoms in total. The van der Waals surface area contributed by atoms with E-state index < -0.39 is 15.9 Å². The zero-order chi connectivity index (χ0) is 18.7. The Labute approximate surface area is 152 Å². The third kappa shape index (κ3) is 3.82. The van der Waals surface area contributed by atoms with E-state index in [1.807, 2.05) is 48.5 Å². The van der Waals surface area contributed by atoms with Gasteiger partial charge in [-0.1, -0.05) is 54.6 Å². The van der Waals surface area contributed by atoms with Gasteiger partial charge < -0.3 is 5.32 Å². The highest BCUT2D eigenvalue weighted by Crippen LogP contribution is 2.28. The van der Waals surface area contributed by atoms with Gasteiger partial charge in [0.15, 0.2) is 0 Å². The summed E-state index contributed by atoms with van der Waals surface area (Å²) in [5.74, 6) is -0.404. The molecule has 0 aromatic heterocycles. The fraction of sp³-hybridized carbons (Fsp3) is 0.0500. The van der Waals surface area contributed by atoms with Crippen LogP contribution in [0.25, 0.3) is 11.1 Å². The molecular formula is C20H18N2O3S. The molecule has 0 radical (unpaired) electrons. The summed E-state index contributed by atoms with van der Waals surface area (Å²) >= 11 is 0. The van der Waals surface area contributed by atoms with Gasteiger partial charge >= 0.3 is 0 Å². The predicted molar refractivity (Wildman–Crippen MR) is 102 cm³/mol. The number of anilines is 1. The van der Waals surface area contributed by atoms with E-state index in [1.54, 1.807) is 25.1 Å². The Morgan fingerprint density at radius 3 is 2.27 bits per heavy atom. The number of aryl methyl sites for hydroxylation is 1. The summed E-state index contributed by atoms with van der Waals surface area (Å²) in [6, 6.07) is 21.5. The molecule has 3 N–H and O–H groups in total. The summed E-state index contributed by atoms with van der Waals surface area (Å²) in [4.78, 5) is 12.6. The number of sulfonamides is 1. The molecule has 6 heteroatoms. The van der Waals surface area contributed by atoms with Crippen LogP contribution in [0.4, 0.5) is 5.69 Å². The van der Waals surface area contributed by atoms with Crippen molar-refractivity contribution >= 4 is 21.6 Å². The Kier molecular flexibility index (Phi) is 4.88. The maximum atomic E-state index is 12.6. The average molecular weight is 366 g/mol. The second kappa shape index (κ2) is 7.11. The standard InChI is InChI=1S/C20H18N2O3S/c1-14-11-12-16(13-19(14)26(21,24)25)20(23)22-18-10-6-5-9-17(18)15-7-3-2-4-8-15/h2-13H,1H3,(H,22,23)(H2,21,24,25). The van der Waals surface area contributed by atoms with Gasteiger partial charge in [-0.25, -0.2) is 13.6 Å². The molecule has 3 rings (SSSR count). The van der Waals surface area contributed by atoms with Crippen LogP contribution in [-0.2, 0) is 10.0 Å². The maximum absolute atomic E-state index is 12.6. The minimum absolute atomic E-state index is 0.0542. The Hall–Kier alpha value is -2.96. The van der Waals surface area contributed by atoms with Crippen molar-refractivity contribution in [2.75, 3.05) is 5.32 Å². The average Bonchev–Trinajstić information content (AvgIpc) is 2.62. The van der Waals surface area contributed by atoms with Gasteiger partial charge in [0.25, 0.3) is 5.91 Å². The number of carbonyl (C=O) groups excluding carboxylic acids is 1. The SMILES string of the molecule is Cc1ccc(C(=O)Nc2ccccc2-c2ccccc2)cc1S(N)(=O)=O. The Morgan fingerprint density at radius 1 is 0.923 bits per heavy atom. The molecule has 1 amide bonds. The predicted octanol–water partition coefficient (Wildman–Crippen LogP) is 3.56. The van der Waals surface area contributed by atoms with E-state index in [2.05, 4.69) is 5.32 Å². The summed E-state index contributed by atoms with van der Waals surface area (Å²) in [5.41, 5.74) is 3.20. The van der Waals surface area contributed by atoms with Crippen LogP contribution >= 0.6 is 0 Å². The monoisotopic (exact) mass is 366 g/mol. The van der Waals surface area contributed by atoms with E-state index >= 15 is 0 Å². The highest BCUT2D eigenvalue weighted by atomic mass is 32.2. The molecule has 0 saturated carbocycles. The molecule has 0 bridgehead atoms. The minimum Gasteiger partial charge on any atom is -0.321 e. The zero-order valence-electron chi connectivity index (χ0n) is 14.1. The van der Waals surface area contributed by atoms with E-state index in [0.29, 0.717) is 11.3 Å². The molecule has 3 aromatic carbocycles. The lowest BCUT2D eigenvalue weighted by atomic mass is 10.0. The molecule has 0 atom stereocenters. The molecule has 0 fully saturated rings. The number of para-hydroxylation sites is 1. The van der Waals surface area contributed by atoms with E-state index in [1.165, 1.54) is 6.07 Å². The Balaban J connectivity index is 1.95. The first-order valence-corrected chi connectivity index (χ1v) is 9.50. The van der Waals surface area contributed by atoms with Gasteiger partial charge in [-0.2, -0.15) is 0 Å². The van der Waals surface area contributed by atoms with Crippen molar-refractivity contribution in [3.8, 4) is 11.1 Å². The van der Waals surface area contributed by atoms with Crippen LogP contribution in [0.5, 0.6) is 0 Å². The lowest BCUT2D eigenvalue weighted by Gasteiger charge is -2.12. The molecule has 0 aliphatic carbocycles. The van der Waals surface area contributed by atoms with Crippen LogP contribution in [0.1, 0.15) is 15.9 Å². The zero-order valence-corrected chi connectivity index (χ0v) is 15.0. The number of hydrogen-bond acceptors (Lipinski definition) is 3. The van der Waals surface area contributed by atoms with Gasteiger partial charge in [0.2, 0.25) is 10.0 Å². The topological polar surface area (TPSA) is 89.3 Å². The molecule has 0 saturated heterocycles. The lowest BCUT2D eigenvalue weighted by molar-refractivity contribution is 0.102. The van der Waals surface area contributed by atoms with Gasteiger partial charge in [0.05, 0.1) is 4.90 Å². The molecule has 26 heavy (non-hydrogen) atoms. The number of nitrogens with one attached hydrogen (secondary N) is 1. The second-order valence-electron chi connectivity index (χ2n) is 5.89. The fourth-order valence-electron chi connectivity index (χ4n) is 2.70. The smallest absolute Gasteiger partial charge is 0.255 e. The molecule has 0 aliphatic rings. The van der Waals surface area contributed by atoms with E-state index in [-0.39, 0.29) is 10.5 Å². The summed E-state index contributed by atoms with van der Waals surface area (Å²) in [7, 11) is -3.89. The molecule has 0 spiro atoms. The first-order valence-electron chi connectivity index (χ1n) is 7.95. The van der Waals surface area contributed by atoms with Gasteiger partial charge in [0.1, 0.15) is 0 Å². The first-order chi connectivity index (χ1) is 12.4. The Bertz CT molecular complexity index is 1060. The minimum atomic E-state index is -3.89. The highest BCUT2D eigenvalue weighted by molar-refractivity contribution is 7.89. The van der Waals surface area contributed by atoms with Gasteiger partial charge in [-0.3, -0.25) is 4.79 Å². The van der Waals surface area contributed by atoms with Crippen molar-refractivity contribution in [1.82, 2.24) is 0 Å². The molecule has 0 heterocycles. The van der Waals surface area contributed by atoms with Crippen molar-refractivity contribution in [2.45, 2.75) is 11.8 Å². The number of primary sulfonamides is 1. The fourth-order valence-corrected chi connectivity index (χ4v) is 3.51. The van der Waals surface area contributed by atoms with Crippen LogP contribution in [-0.4, -0.2) is 14.3 Å². The van der Waals surface area contributed by atoms with Crippen molar-refractivity contribution < 1.29 is 13.2 Å². The van der Waals surface area contributed by atoms with Crippen LogP contribution in [0, 0.1) is 6.92 Å². The number of carbonyl (C=O) groups is 1. The van der Waals surface area contributed by atoms with Crippen LogP contribution in [0.2, 0.25) is 0 Å². The van der Waals surface area contributed by atoms with E-state index in [9.17, 15) is 13.2 Å².